The van der Waals surface area contributed by atoms with E-state index in [1.165, 1.54) is 0 Å². The first-order chi connectivity index (χ1) is 4.72. The highest BCUT2D eigenvalue weighted by molar-refractivity contribution is 7.47. The molecule has 0 radical (unpaired) electrons. The minimum absolute atomic E-state index is 0.563. The van der Waals surface area contributed by atoms with Gasteiger partial charge in [-0.05, 0) is 18.6 Å². The zero-order chi connectivity index (χ0) is 7.56. The van der Waals surface area contributed by atoms with Crippen LogP contribution in [0.5, 0.6) is 0 Å². The van der Waals surface area contributed by atoms with Crippen molar-refractivity contribution in [1.82, 2.24) is 0 Å². The highest BCUT2D eigenvalue weighted by Gasteiger charge is 1.99. The van der Waals surface area contributed by atoms with Crippen LogP contribution >= 0.6 is 8.03 Å². The SMILES string of the molecule is Cc1ccccc1[PH](=O)O. The first kappa shape index (κ1) is 7.52. The largest absolute Gasteiger partial charge is 0.343 e. The molecule has 3 heteroatoms. The Morgan fingerprint density at radius 3 is 2.40 bits per heavy atom. The summed E-state index contributed by atoms with van der Waals surface area (Å²) in [5.41, 5.74) is 0.883. The normalized spacial score (nSPS) is 13.0. The third kappa shape index (κ3) is 1.47. The van der Waals surface area contributed by atoms with E-state index in [2.05, 4.69) is 0 Å². The van der Waals surface area contributed by atoms with Crippen molar-refractivity contribution in [2.45, 2.75) is 6.92 Å². The van der Waals surface area contributed by atoms with Gasteiger partial charge in [-0.2, -0.15) is 0 Å². The van der Waals surface area contributed by atoms with Crippen LogP contribution < -0.4 is 5.30 Å². The molecule has 1 aromatic rings. The molecule has 1 N–H and O–H groups in total. The summed E-state index contributed by atoms with van der Waals surface area (Å²) in [5, 5.41) is 0.563. The van der Waals surface area contributed by atoms with Crippen molar-refractivity contribution in [3.63, 3.8) is 0 Å². The Bertz CT molecular complexity index is 258. The van der Waals surface area contributed by atoms with Gasteiger partial charge in [0.1, 0.15) is 0 Å². The standard InChI is InChI=1S/C7H9O2P/c1-6-4-2-3-5-7(6)10(8)9/h2-5,10H,1H3,(H,8,9). The summed E-state index contributed by atoms with van der Waals surface area (Å²) in [6.45, 7) is 1.83. The van der Waals surface area contributed by atoms with Gasteiger partial charge in [-0.15, -0.1) is 0 Å². The van der Waals surface area contributed by atoms with E-state index >= 15 is 0 Å². The smallest absolute Gasteiger partial charge is 0.218 e. The van der Waals surface area contributed by atoms with Crippen molar-refractivity contribution in [2.24, 2.45) is 0 Å². The molecule has 0 aliphatic rings. The Hall–Kier alpha value is -0.590. The van der Waals surface area contributed by atoms with Gasteiger partial charge in [0.15, 0.2) is 0 Å². The van der Waals surface area contributed by atoms with Crippen LogP contribution in [-0.4, -0.2) is 4.89 Å². The van der Waals surface area contributed by atoms with Crippen molar-refractivity contribution in [3.8, 4) is 0 Å². The minimum Gasteiger partial charge on any atom is -0.343 e. The van der Waals surface area contributed by atoms with Crippen LogP contribution in [0.3, 0.4) is 0 Å². The van der Waals surface area contributed by atoms with E-state index in [1.807, 2.05) is 19.1 Å². The van der Waals surface area contributed by atoms with E-state index in [0.717, 1.165) is 5.56 Å². The number of aryl methyl sites for hydroxylation is 1. The molecule has 1 atom stereocenters. The van der Waals surface area contributed by atoms with Crippen LogP contribution in [0.1, 0.15) is 5.56 Å². The van der Waals surface area contributed by atoms with E-state index < -0.39 is 8.03 Å². The molecular weight excluding hydrogens is 147 g/mol. The summed E-state index contributed by atoms with van der Waals surface area (Å²) in [6, 6.07) is 7.12. The zero-order valence-electron chi connectivity index (χ0n) is 5.66. The number of hydrogen-bond donors (Lipinski definition) is 1. The number of benzene rings is 1. The lowest BCUT2D eigenvalue weighted by atomic mass is 10.2. The second kappa shape index (κ2) is 3.00. The Morgan fingerprint density at radius 2 is 2.00 bits per heavy atom. The Balaban J connectivity index is 3.15. The number of rotatable bonds is 1. The summed E-state index contributed by atoms with van der Waals surface area (Å²) < 4.78 is 10.6. The summed E-state index contributed by atoms with van der Waals surface area (Å²) in [6.07, 6.45) is 0. The summed E-state index contributed by atoms with van der Waals surface area (Å²) in [5.74, 6) is 0. The Labute approximate surface area is 60.4 Å². The lowest BCUT2D eigenvalue weighted by Crippen LogP contribution is -1.99. The van der Waals surface area contributed by atoms with E-state index in [-0.39, 0.29) is 0 Å². The molecule has 0 saturated heterocycles. The van der Waals surface area contributed by atoms with Crippen LogP contribution in [-0.2, 0) is 4.57 Å². The van der Waals surface area contributed by atoms with Gasteiger partial charge in [0.25, 0.3) is 0 Å². The highest BCUT2D eigenvalue weighted by atomic mass is 31.1. The third-order valence-electron chi connectivity index (χ3n) is 1.38. The average Bonchev–Trinajstić information content (AvgIpc) is 1.88. The fourth-order valence-electron chi connectivity index (χ4n) is 0.813. The maximum atomic E-state index is 10.6. The third-order valence-corrected chi connectivity index (χ3v) is 2.40. The molecule has 0 aromatic heterocycles. The van der Waals surface area contributed by atoms with Gasteiger partial charge in [0, 0.05) is 5.30 Å². The molecule has 0 saturated carbocycles. The van der Waals surface area contributed by atoms with Gasteiger partial charge < -0.3 is 4.89 Å². The fourth-order valence-corrected chi connectivity index (χ4v) is 1.47. The van der Waals surface area contributed by atoms with Crippen molar-refractivity contribution < 1.29 is 9.46 Å². The van der Waals surface area contributed by atoms with Crippen molar-refractivity contribution >= 4 is 13.3 Å². The summed E-state index contributed by atoms with van der Waals surface area (Å²) >= 11 is 0. The average molecular weight is 156 g/mol. The lowest BCUT2D eigenvalue weighted by molar-refractivity contribution is 0.513. The molecule has 0 fully saturated rings. The van der Waals surface area contributed by atoms with E-state index in [0.29, 0.717) is 5.30 Å². The molecule has 0 bridgehead atoms. The second-order valence-electron chi connectivity index (χ2n) is 2.12. The molecule has 1 aromatic carbocycles. The van der Waals surface area contributed by atoms with E-state index in [1.54, 1.807) is 12.1 Å². The molecule has 10 heavy (non-hydrogen) atoms. The first-order valence-corrected chi connectivity index (χ1v) is 4.36. The lowest BCUT2D eigenvalue weighted by Gasteiger charge is -1.97. The number of hydrogen-bond acceptors (Lipinski definition) is 1. The van der Waals surface area contributed by atoms with Crippen LogP contribution in [0.4, 0.5) is 0 Å². The quantitative estimate of drug-likeness (QED) is 0.618. The Kier molecular flexibility index (Phi) is 2.25. The molecule has 2 nitrogen and oxygen atoms in total. The minimum atomic E-state index is -2.49. The Morgan fingerprint density at radius 1 is 1.40 bits per heavy atom. The molecule has 0 heterocycles. The van der Waals surface area contributed by atoms with Crippen molar-refractivity contribution in [3.05, 3.63) is 29.8 Å². The molecular formula is C7H9O2P. The maximum Gasteiger partial charge on any atom is 0.218 e. The van der Waals surface area contributed by atoms with Crippen LogP contribution in [0, 0.1) is 6.92 Å². The van der Waals surface area contributed by atoms with Crippen LogP contribution in [0.15, 0.2) is 24.3 Å². The molecule has 0 aliphatic heterocycles. The second-order valence-corrected chi connectivity index (χ2v) is 3.27. The van der Waals surface area contributed by atoms with Gasteiger partial charge >= 0.3 is 0 Å². The van der Waals surface area contributed by atoms with Gasteiger partial charge in [0.2, 0.25) is 8.03 Å². The molecule has 0 aliphatic carbocycles. The van der Waals surface area contributed by atoms with Crippen molar-refractivity contribution in [1.29, 1.82) is 0 Å². The zero-order valence-corrected chi connectivity index (χ0v) is 6.66. The summed E-state index contributed by atoms with van der Waals surface area (Å²) in [7, 11) is -2.49. The van der Waals surface area contributed by atoms with Gasteiger partial charge in [-0.3, -0.25) is 4.57 Å². The van der Waals surface area contributed by atoms with Crippen LogP contribution in [0.2, 0.25) is 0 Å². The van der Waals surface area contributed by atoms with E-state index in [9.17, 15) is 4.57 Å². The summed E-state index contributed by atoms with van der Waals surface area (Å²) in [4.78, 5) is 8.75. The molecule has 0 amide bonds. The topological polar surface area (TPSA) is 37.3 Å². The predicted molar refractivity (Wildman–Crippen MR) is 42.0 cm³/mol. The molecule has 54 valence electrons. The molecule has 1 unspecified atom stereocenters. The van der Waals surface area contributed by atoms with Crippen LogP contribution in [0.25, 0.3) is 0 Å². The predicted octanol–water partition coefficient (Wildman–Crippen LogP) is 1.09. The monoisotopic (exact) mass is 156 g/mol. The molecule has 0 spiro atoms. The van der Waals surface area contributed by atoms with Gasteiger partial charge in [0.05, 0.1) is 0 Å². The maximum absolute atomic E-state index is 10.6. The highest BCUT2D eigenvalue weighted by Crippen LogP contribution is 2.14. The van der Waals surface area contributed by atoms with E-state index in [4.69, 9.17) is 4.89 Å². The molecule has 1 rings (SSSR count). The van der Waals surface area contributed by atoms with Crippen molar-refractivity contribution in [2.75, 3.05) is 0 Å². The fraction of sp³-hybridized carbons (Fsp3) is 0.143. The van der Waals surface area contributed by atoms with Gasteiger partial charge in [-0.25, -0.2) is 0 Å². The first-order valence-electron chi connectivity index (χ1n) is 3.01. The van der Waals surface area contributed by atoms with Gasteiger partial charge in [-0.1, -0.05) is 18.2 Å².